The van der Waals surface area contributed by atoms with Gasteiger partial charge in [-0.3, -0.25) is 14.5 Å². The minimum absolute atomic E-state index is 0.104. The number of benzene rings is 2. The molecule has 0 aromatic heterocycles. The van der Waals surface area contributed by atoms with Gasteiger partial charge in [0.2, 0.25) is 11.8 Å². The van der Waals surface area contributed by atoms with Gasteiger partial charge in [-0.1, -0.05) is 18.2 Å². The molecule has 0 aliphatic heterocycles. The second-order valence-electron chi connectivity index (χ2n) is 6.08. The fourth-order valence-electron chi connectivity index (χ4n) is 2.45. The van der Waals surface area contributed by atoms with Gasteiger partial charge >= 0.3 is 0 Å². The lowest BCUT2D eigenvalue weighted by Crippen LogP contribution is -2.38. The molecule has 7 heteroatoms. The van der Waals surface area contributed by atoms with E-state index < -0.39 is 0 Å². The summed E-state index contributed by atoms with van der Waals surface area (Å²) in [5.41, 5.74) is 1.62. The Morgan fingerprint density at radius 1 is 0.926 bits per heavy atom. The molecular formula is C20H25N3O4. The standard InChI is InChI=1S/C20H25N3O4/c1-23(14-20(25)22-16-5-4-6-18(11-16)27-3)13-19(24)21-12-15-7-9-17(26-2)10-8-15/h4-11H,12-14H2,1-3H3,(H,21,24)(H,22,25). The molecule has 0 unspecified atom stereocenters. The molecule has 2 N–H and O–H groups in total. The van der Waals surface area contributed by atoms with Crippen LogP contribution in [0.2, 0.25) is 0 Å². The van der Waals surface area contributed by atoms with Gasteiger partial charge in [-0.2, -0.15) is 0 Å². The number of ether oxygens (including phenoxy) is 2. The van der Waals surface area contributed by atoms with Crippen LogP contribution in [0.5, 0.6) is 11.5 Å². The van der Waals surface area contributed by atoms with Gasteiger partial charge in [0.1, 0.15) is 11.5 Å². The molecule has 0 bridgehead atoms. The number of nitrogens with one attached hydrogen (secondary N) is 2. The van der Waals surface area contributed by atoms with Crippen LogP contribution in [0.25, 0.3) is 0 Å². The molecule has 0 spiro atoms. The first-order valence-corrected chi connectivity index (χ1v) is 8.52. The van der Waals surface area contributed by atoms with Crippen molar-refractivity contribution in [2.24, 2.45) is 0 Å². The van der Waals surface area contributed by atoms with Crippen molar-refractivity contribution in [1.82, 2.24) is 10.2 Å². The molecule has 0 saturated heterocycles. The van der Waals surface area contributed by atoms with E-state index in [4.69, 9.17) is 9.47 Å². The van der Waals surface area contributed by atoms with Crippen LogP contribution in [0, 0.1) is 0 Å². The van der Waals surface area contributed by atoms with Gasteiger partial charge in [-0.05, 0) is 36.9 Å². The summed E-state index contributed by atoms with van der Waals surface area (Å²) in [5, 5.41) is 5.62. The van der Waals surface area contributed by atoms with Crippen molar-refractivity contribution in [3.05, 3.63) is 54.1 Å². The van der Waals surface area contributed by atoms with E-state index in [9.17, 15) is 9.59 Å². The minimum Gasteiger partial charge on any atom is -0.497 e. The predicted molar refractivity (Wildman–Crippen MR) is 104 cm³/mol. The van der Waals surface area contributed by atoms with Gasteiger partial charge in [0, 0.05) is 18.3 Å². The van der Waals surface area contributed by atoms with Crippen molar-refractivity contribution in [1.29, 1.82) is 0 Å². The van der Waals surface area contributed by atoms with Gasteiger partial charge in [-0.25, -0.2) is 0 Å². The zero-order chi connectivity index (χ0) is 19.6. The molecule has 0 aliphatic carbocycles. The molecule has 2 aromatic carbocycles. The molecule has 144 valence electrons. The van der Waals surface area contributed by atoms with E-state index in [1.807, 2.05) is 24.3 Å². The van der Waals surface area contributed by atoms with Crippen LogP contribution in [0.4, 0.5) is 5.69 Å². The number of nitrogens with zero attached hydrogens (tertiary/aromatic N) is 1. The molecular weight excluding hydrogens is 346 g/mol. The molecule has 2 rings (SSSR count). The fourth-order valence-corrected chi connectivity index (χ4v) is 2.45. The Labute approximate surface area is 159 Å². The molecule has 0 aliphatic rings. The summed E-state index contributed by atoms with van der Waals surface area (Å²) in [6.07, 6.45) is 0. The van der Waals surface area contributed by atoms with Crippen molar-refractivity contribution < 1.29 is 19.1 Å². The zero-order valence-corrected chi connectivity index (χ0v) is 15.8. The summed E-state index contributed by atoms with van der Waals surface area (Å²) in [6, 6.07) is 14.6. The summed E-state index contributed by atoms with van der Waals surface area (Å²) >= 11 is 0. The first-order valence-electron chi connectivity index (χ1n) is 8.52. The highest BCUT2D eigenvalue weighted by Crippen LogP contribution is 2.16. The lowest BCUT2D eigenvalue weighted by molar-refractivity contribution is -0.123. The molecule has 0 atom stereocenters. The third-order valence-corrected chi connectivity index (χ3v) is 3.83. The highest BCUT2D eigenvalue weighted by atomic mass is 16.5. The SMILES string of the molecule is COc1ccc(CNC(=O)CN(C)CC(=O)Nc2cccc(OC)c2)cc1. The van der Waals surface area contributed by atoms with Crippen LogP contribution in [0.1, 0.15) is 5.56 Å². The Kier molecular flexibility index (Phi) is 7.63. The van der Waals surface area contributed by atoms with Crippen molar-refractivity contribution in [2.45, 2.75) is 6.54 Å². The third-order valence-electron chi connectivity index (χ3n) is 3.83. The lowest BCUT2D eigenvalue weighted by Gasteiger charge is -2.16. The number of carbonyl (C=O) groups excluding carboxylic acids is 2. The average molecular weight is 371 g/mol. The molecule has 2 aromatic rings. The maximum absolute atomic E-state index is 12.1. The maximum Gasteiger partial charge on any atom is 0.238 e. The lowest BCUT2D eigenvalue weighted by atomic mass is 10.2. The van der Waals surface area contributed by atoms with Gasteiger partial charge in [0.15, 0.2) is 0 Å². The normalized spacial score (nSPS) is 10.4. The van der Waals surface area contributed by atoms with E-state index in [0.29, 0.717) is 18.0 Å². The maximum atomic E-state index is 12.1. The summed E-state index contributed by atoms with van der Waals surface area (Å²) < 4.78 is 10.2. The number of hydrogen-bond acceptors (Lipinski definition) is 5. The van der Waals surface area contributed by atoms with Crippen LogP contribution >= 0.6 is 0 Å². The number of rotatable bonds is 9. The van der Waals surface area contributed by atoms with Crippen molar-refractivity contribution in [3.8, 4) is 11.5 Å². The minimum atomic E-state index is -0.200. The molecule has 27 heavy (non-hydrogen) atoms. The van der Waals surface area contributed by atoms with Crippen LogP contribution in [0.15, 0.2) is 48.5 Å². The molecule has 0 radical (unpaired) electrons. The highest BCUT2D eigenvalue weighted by molar-refractivity contribution is 5.92. The van der Waals surface area contributed by atoms with E-state index in [0.717, 1.165) is 11.3 Å². The van der Waals surface area contributed by atoms with Crippen LogP contribution < -0.4 is 20.1 Å². The van der Waals surface area contributed by atoms with E-state index in [-0.39, 0.29) is 24.9 Å². The topological polar surface area (TPSA) is 79.9 Å². The van der Waals surface area contributed by atoms with E-state index in [1.165, 1.54) is 0 Å². The quantitative estimate of drug-likeness (QED) is 0.704. The number of likely N-dealkylation sites (N-methyl/N-ethyl adjacent to an activating group) is 1. The molecule has 2 amide bonds. The van der Waals surface area contributed by atoms with E-state index in [2.05, 4.69) is 10.6 Å². The van der Waals surface area contributed by atoms with Gasteiger partial charge in [-0.15, -0.1) is 0 Å². The Bertz CT molecular complexity index is 762. The third kappa shape index (κ3) is 6.99. The number of methoxy groups -OCH3 is 2. The van der Waals surface area contributed by atoms with E-state index >= 15 is 0 Å². The fraction of sp³-hybridized carbons (Fsp3) is 0.300. The number of amides is 2. The first kappa shape index (κ1) is 20.3. The van der Waals surface area contributed by atoms with Crippen LogP contribution in [-0.2, 0) is 16.1 Å². The van der Waals surface area contributed by atoms with Gasteiger partial charge in [0.25, 0.3) is 0 Å². The average Bonchev–Trinajstić information content (AvgIpc) is 2.66. The Morgan fingerprint density at radius 3 is 2.26 bits per heavy atom. The Morgan fingerprint density at radius 2 is 1.59 bits per heavy atom. The van der Waals surface area contributed by atoms with Crippen molar-refractivity contribution in [2.75, 3.05) is 39.7 Å². The summed E-state index contributed by atoms with van der Waals surface area (Å²) in [4.78, 5) is 25.8. The van der Waals surface area contributed by atoms with Crippen LogP contribution in [-0.4, -0.2) is 51.1 Å². The summed E-state index contributed by atoms with van der Waals surface area (Å²) in [7, 11) is 4.90. The molecule has 0 heterocycles. The zero-order valence-electron chi connectivity index (χ0n) is 15.8. The smallest absolute Gasteiger partial charge is 0.238 e. The number of hydrogen-bond donors (Lipinski definition) is 2. The Hall–Kier alpha value is -3.06. The second-order valence-corrected chi connectivity index (χ2v) is 6.08. The monoisotopic (exact) mass is 371 g/mol. The predicted octanol–water partition coefficient (Wildman–Crippen LogP) is 1.89. The van der Waals surface area contributed by atoms with Gasteiger partial charge < -0.3 is 20.1 Å². The molecule has 7 nitrogen and oxygen atoms in total. The summed E-state index contributed by atoms with van der Waals surface area (Å²) in [5.74, 6) is 1.09. The van der Waals surface area contributed by atoms with Crippen LogP contribution in [0.3, 0.4) is 0 Å². The number of anilines is 1. The van der Waals surface area contributed by atoms with Crippen molar-refractivity contribution in [3.63, 3.8) is 0 Å². The Balaban J connectivity index is 1.73. The highest BCUT2D eigenvalue weighted by Gasteiger charge is 2.11. The second kappa shape index (κ2) is 10.2. The number of carbonyl (C=O) groups is 2. The van der Waals surface area contributed by atoms with E-state index in [1.54, 1.807) is 50.4 Å². The molecule has 0 fully saturated rings. The largest absolute Gasteiger partial charge is 0.497 e. The first-order chi connectivity index (χ1) is 13.0. The van der Waals surface area contributed by atoms with Gasteiger partial charge in [0.05, 0.1) is 27.3 Å². The molecule has 0 saturated carbocycles. The van der Waals surface area contributed by atoms with Crippen molar-refractivity contribution >= 4 is 17.5 Å². The summed E-state index contributed by atoms with van der Waals surface area (Å²) in [6.45, 7) is 0.654.